The number of anilines is 1. The van der Waals surface area contributed by atoms with Crippen molar-refractivity contribution in [3.8, 4) is 0 Å². The second-order valence-corrected chi connectivity index (χ2v) is 6.37. The molecule has 2 rings (SSSR count). The summed E-state index contributed by atoms with van der Waals surface area (Å²) in [6.07, 6.45) is 0.101. The van der Waals surface area contributed by atoms with Gasteiger partial charge in [-0.2, -0.15) is 0 Å². The molecular weight excluding hydrogens is 338 g/mol. The molecule has 0 spiro atoms. The van der Waals surface area contributed by atoms with Gasteiger partial charge in [0.2, 0.25) is 5.91 Å². The monoisotopic (exact) mass is 355 g/mol. The molecule has 7 nitrogen and oxygen atoms in total. The first kappa shape index (κ1) is 17.5. The average molecular weight is 355 g/mol. The van der Waals surface area contributed by atoms with Gasteiger partial charge in [-0.25, -0.2) is 9.97 Å². The maximum Gasteiger partial charge on any atom is 0.311 e. The van der Waals surface area contributed by atoms with E-state index < -0.39 is 0 Å². The Labute approximate surface area is 141 Å². The Bertz CT molecular complexity index is 677. The molecule has 0 saturated carbocycles. The van der Waals surface area contributed by atoms with Crippen LogP contribution in [0.2, 0.25) is 0 Å². The fourth-order valence-corrected chi connectivity index (χ4v) is 3.03. The lowest BCUT2D eigenvalue weighted by Gasteiger charge is -2.00. The topological polar surface area (TPSA) is 94.3 Å². The molecule has 0 aliphatic rings. The zero-order chi connectivity index (χ0) is 16.8. The summed E-state index contributed by atoms with van der Waals surface area (Å²) in [5.41, 5.74) is 1.40. The molecule has 0 aromatic carbocycles. The van der Waals surface area contributed by atoms with Gasteiger partial charge < -0.3 is 14.5 Å². The molecule has 9 heteroatoms. The summed E-state index contributed by atoms with van der Waals surface area (Å²) >= 11 is 2.49. The van der Waals surface area contributed by atoms with Crippen molar-refractivity contribution in [1.29, 1.82) is 0 Å². The van der Waals surface area contributed by atoms with Crippen LogP contribution in [-0.4, -0.2) is 34.2 Å². The minimum atomic E-state index is -0.333. The molecule has 0 radical (unpaired) electrons. The molecule has 0 aliphatic heterocycles. The van der Waals surface area contributed by atoms with Crippen molar-refractivity contribution in [2.75, 3.05) is 17.7 Å². The molecule has 0 fully saturated rings. The first-order chi connectivity index (χ1) is 11.0. The molecule has 23 heavy (non-hydrogen) atoms. The van der Waals surface area contributed by atoms with E-state index in [0.717, 1.165) is 11.5 Å². The van der Waals surface area contributed by atoms with Gasteiger partial charge in [0, 0.05) is 5.38 Å². The number of aryl methyl sites for hydroxylation is 2. The van der Waals surface area contributed by atoms with Gasteiger partial charge >= 0.3 is 5.97 Å². The van der Waals surface area contributed by atoms with Gasteiger partial charge in [-0.15, -0.1) is 11.3 Å². The highest BCUT2D eigenvalue weighted by atomic mass is 32.2. The first-order valence-corrected chi connectivity index (χ1v) is 8.81. The lowest BCUT2D eigenvalue weighted by molar-refractivity contribution is -0.142. The number of ether oxygens (including phenoxy) is 1. The van der Waals surface area contributed by atoms with Crippen LogP contribution in [0.3, 0.4) is 0 Å². The molecule has 1 N–H and O–H groups in total. The van der Waals surface area contributed by atoms with Crippen LogP contribution in [0.5, 0.6) is 0 Å². The Morgan fingerprint density at radius 1 is 1.39 bits per heavy atom. The number of aromatic nitrogens is 2. The van der Waals surface area contributed by atoms with Crippen LogP contribution in [0.25, 0.3) is 0 Å². The van der Waals surface area contributed by atoms with E-state index in [0.29, 0.717) is 22.7 Å². The summed E-state index contributed by atoms with van der Waals surface area (Å²) in [6.45, 7) is 5.76. The fourth-order valence-electron chi connectivity index (χ4n) is 1.59. The second kappa shape index (κ2) is 8.11. The Morgan fingerprint density at radius 2 is 2.17 bits per heavy atom. The summed E-state index contributed by atoms with van der Waals surface area (Å²) in [5.74, 6) is 0.379. The summed E-state index contributed by atoms with van der Waals surface area (Å²) in [5, 5.41) is 5.33. The standard InChI is InChI=1S/C14H17N3O4S2/c1-4-20-12(19)5-10-6-22-13(16-10)17-11(18)7-23-14-15-8(2)9(3)21-14/h6H,4-5,7H2,1-3H3,(H,16,17,18). The smallest absolute Gasteiger partial charge is 0.311 e. The lowest BCUT2D eigenvalue weighted by atomic mass is 10.3. The van der Waals surface area contributed by atoms with E-state index in [4.69, 9.17) is 9.15 Å². The molecule has 0 bridgehead atoms. The number of nitrogens with zero attached hydrogens (tertiary/aromatic N) is 2. The maximum atomic E-state index is 11.9. The number of nitrogens with one attached hydrogen (secondary N) is 1. The number of oxazole rings is 1. The van der Waals surface area contributed by atoms with E-state index in [9.17, 15) is 9.59 Å². The molecular formula is C14H17N3O4S2. The number of carbonyl (C=O) groups excluding carboxylic acids is 2. The molecule has 1 amide bonds. The van der Waals surface area contributed by atoms with Crippen molar-refractivity contribution in [2.45, 2.75) is 32.4 Å². The minimum absolute atomic E-state index is 0.101. The molecule has 0 unspecified atom stereocenters. The summed E-state index contributed by atoms with van der Waals surface area (Å²) < 4.78 is 10.2. The van der Waals surface area contributed by atoms with E-state index in [-0.39, 0.29) is 24.1 Å². The summed E-state index contributed by atoms with van der Waals surface area (Å²) in [4.78, 5) is 31.6. The quantitative estimate of drug-likeness (QED) is 0.602. The van der Waals surface area contributed by atoms with Gasteiger partial charge in [-0.3, -0.25) is 9.59 Å². The predicted molar refractivity (Wildman–Crippen MR) is 87.8 cm³/mol. The molecule has 2 aromatic heterocycles. The van der Waals surface area contributed by atoms with Gasteiger partial charge in [-0.05, 0) is 20.8 Å². The number of rotatable bonds is 7. The van der Waals surface area contributed by atoms with Crippen molar-refractivity contribution in [2.24, 2.45) is 0 Å². The number of hydrogen-bond donors (Lipinski definition) is 1. The van der Waals surface area contributed by atoms with E-state index in [2.05, 4.69) is 15.3 Å². The normalized spacial score (nSPS) is 10.6. The van der Waals surface area contributed by atoms with Crippen molar-refractivity contribution in [1.82, 2.24) is 9.97 Å². The van der Waals surface area contributed by atoms with Crippen LogP contribution >= 0.6 is 23.1 Å². The zero-order valence-electron chi connectivity index (χ0n) is 13.0. The lowest BCUT2D eigenvalue weighted by Crippen LogP contribution is -2.14. The van der Waals surface area contributed by atoms with Crippen LogP contribution in [0.4, 0.5) is 5.13 Å². The Morgan fingerprint density at radius 3 is 2.83 bits per heavy atom. The molecule has 0 atom stereocenters. The van der Waals surface area contributed by atoms with Gasteiger partial charge in [0.1, 0.15) is 5.76 Å². The first-order valence-electron chi connectivity index (χ1n) is 6.94. The number of hydrogen-bond acceptors (Lipinski definition) is 8. The van der Waals surface area contributed by atoms with Crippen molar-refractivity contribution < 1.29 is 18.7 Å². The molecule has 2 aromatic rings. The van der Waals surface area contributed by atoms with Crippen LogP contribution in [-0.2, 0) is 20.7 Å². The highest BCUT2D eigenvalue weighted by Crippen LogP contribution is 2.21. The van der Waals surface area contributed by atoms with Crippen LogP contribution in [0, 0.1) is 13.8 Å². The van der Waals surface area contributed by atoms with Gasteiger partial charge in [0.25, 0.3) is 5.22 Å². The number of carbonyl (C=O) groups is 2. The number of esters is 1. The highest BCUT2D eigenvalue weighted by Gasteiger charge is 2.12. The third kappa shape index (κ3) is 5.36. The third-order valence-electron chi connectivity index (χ3n) is 2.76. The predicted octanol–water partition coefficient (Wildman–Crippen LogP) is 2.58. The Balaban J connectivity index is 1.81. The average Bonchev–Trinajstić information content (AvgIpc) is 3.04. The SMILES string of the molecule is CCOC(=O)Cc1csc(NC(=O)CSc2nc(C)c(C)o2)n1. The Hall–Kier alpha value is -1.87. The number of thioether (sulfide) groups is 1. The summed E-state index contributed by atoms with van der Waals surface area (Å²) in [6, 6.07) is 0. The van der Waals surface area contributed by atoms with Gasteiger partial charge in [0.05, 0.1) is 30.2 Å². The van der Waals surface area contributed by atoms with Gasteiger partial charge in [-0.1, -0.05) is 11.8 Å². The number of thiazole rings is 1. The fraction of sp³-hybridized carbons (Fsp3) is 0.429. The van der Waals surface area contributed by atoms with E-state index in [1.807, 2.05) is 13.8 Å². The van der Waals surface area contributed by atoms with Crippen molar-refractivity contribution >= 4 is 40.1 Å². The molecule has 2 heterocycles. The van der Waals surface area contributed by atoms with Crippen LogP contribution < -0.4 is 5.32 Å². The van der Waals surface area contributed by atoms with Crippen molar-refractivity contribution in [3.63, 3.8) is 0 Å². The van der Waals surface area contributed by atoms with E-state index in [1.165, 1.54) is 23.1 Å². The molecule has 124 valence electrons. The van der Waals surface area contributed by atoms with Crippen molar-refractivity contribution in [3.05, 3.63) is 22.5 Å². The molecule has 0 saturated heterocycles. The van der Waals surface area contributed by atoms with Gasteiger partial charge in [0.15, 0.2) is 5.13 Å². The Kier molecular flexibility index (Phi) is 6.17. The van der Waals surface area contributed by atoms with Crippen LogP contribution in [0.15, 0.2) is 15.0 Å². The summed E-state index contributed by atoms with van der Waals surface area (Å²) in [7, 11) is 0. The molecule has 0 aliphatic carbocycles. The van der Waals surface area contributed by atoms with E-state index in [1.54, 1.807) is 12.3 Å². The second-order valence-electron chi connectivity index (χ2n) is 4.58. The third-order valence-corrected chi connectivity index (χ3v) is 4.40. The largest absolute Gasteiger partial charge is 0.466 e. The zero-order valence-corrected chi connectivity index (χ0v) is 14.7. The van der Waals surface area contributed by atoms with E-state index >= 15 is 0 Å². The maximum absolute atomic E-state index is 11.9. The minimum Gasteiger partial charge on any atom is -0.466 e. The number of amides is 1. The van der Waals surface area contributed by atoms with Crippen LogP contribution in [0.1, 0.15) is 24.1 Å². The highest BCUT2D eigenvalue weighted by molar-refractivity contribution is 7.99.